The lowest BCUT2D eigenvalue weighted by Crippen LogP contribution is -2.22. The molecule has 1 aromatic heterocycles. The van der Waals surface area contributed by atoms with Crippen molar-refractivity contribution in [2.24, 2.45) is 0 Å². The van der Waals surface area contributed by atoms with E-state index in [0.717, 1.165) is 18.7 Å². The zero-order valence-corrected chi connectivity index (χ0v) is 11.1. The second-order valence-electron chi connectivity index (χ2n) is 4.51. The molecule has 0 spiro atoms. The van der Waals surface area contributed by atoms with Gasteiger partial charge in [-0.15, -0.1) is 0 Å². The normalized spacial score (nSPS) is 18.6. The van der Waals surface area contributed by atoms with Crippen molar-refractivity contribution in [2.75, 3.05) is 6.54 Å². The number of likely N-dealkylation sites (N-methyl/N-ethyl adjacent to an activating group) is 1. The minimum atomic E-state index is 0.200. The molecule has 1 heterocycles. The monoisotopic (exact) mass is 253 g/mol. The molecule has 0 fully saturated rings. The third kappa shape index (κ3) is 3.36. The van der Waals surface area contributed by atoms with E-state index in [4.69, 9.17) is 16.0 Å². The second kappa shape index (κ2) is 6.27. The minimum Gasteiger partial charge on any atom is -0.448 e. The molecular formula is C14H20ClNO. The van der Waals surface area contributed by atoms with E-state index in [-0.39, 0.29) is 6.04 Å². The fourth-order valence-corrected chi connectivity index (χ4v) is 2.56. The van der Waals surface area contributed by atoms with E-state index in [2.05, 4.69) is 18.3 Å². The summed E-state index contributed by atoms with van der Waals surface area (Å²) in [5.41, 5.74) is 1.45. The molecule has 1 aliphatic carbocycles. The molecule has 0 saturated heterocycles. The average molecular weight is 254 g/mol. The lowest BCUT2D eigenvalue weighted by atomic mass is 10.00. The molecule has 0 aliphatic heterocycles. The van der Waals surface area contributed by atoms with E-state index in [0.29, 0.717) is 5.22 Å². The molecule has 3 heteroatoms. The van der Waals surface area contributed by atoms with Crippen LogP contribution in [0.1, 0.15) is 50.8 Å². The van der Waals surface area contributed by atoms with Crippen molar-refractivity contribution in [1.82, 2.24) is 5.32 Å². The van der Waals surface area contributed by atoms with Crippen molar-refractivity contribution in [1.29, 1.82) is 0 Å². The van der Waals surface area contributed by atoms with Crippen LogP contribution in [0.4, 0.5) is 0 Å². The number of nitrogens with one attached hydrogen (secondary N) is 1. The van der Waals surface area contributed by atoms with Crippen molar-refractivity contribution in [3.05, 3.63) is 34.8 Å². The highest BCUT2D eigenvalue weighted by atomic mass is 35.5. The zero-order valence-electron chi connectivity index (χ0n) is 10.3. The molecule has 1 unspecified atom stereocenters. The van der Waals surface area contributed by atoms with Crippen LogP contribution in [-0.4, -0.2) is 6.54 Å². The summed E-state index contributed by atoms with van der Waals surface area (Å²) >= 11 is 5.86. The summed E-state index contributed by atoms with van der Waals surface area (Å²) in [7, 11) is 0. The number of furan rings is 1. The van der Waals surface area contributed by atoms with Crippen LogP contribution in [-0.2, 0) is 0 Å². The molecule has 1 N–H and O–H groups in total. The van der Waals surface area contributed by atoms with Gasteiger partial charge in [-0.05, 0) is 61.5 Å². The van der Waals surface area contributed by atoms with Crippen LogP contribution in [0.2, 0.25) is 5.22 Å². The van der Waals surface area contributed by atoms with E-state index in [1.54, 1.807) is 0 Å². The van der Waals surface area contributed by atoms with Gasteiger partial charge in [-0.2, -0.15) is 0 Å². The van der Waals surface area contributed by atoms with Crippen molar-refractivity contribution in [2.45, 2.75) is 45.1 Å². The summed E-state index contributed by atoms with van der Waals surface area (Å²) in [6.07, 6.45) is 8.64. The van der Waals surface area contributed by atoms with Gasteiger partial charge in [0.05, 0.1) is 6.04 Å². The Hall–Kier alpha value is -0.730. The Balaban J connectivity index is 2.18. The highest BCUT2D eigenvalue weighted by molar-refractivity contribution is 6.28. The molecular weight excluding hydrogens is 234 g/mol. The molecule has 17 heavy (non-hydrogen) atoms. The van der Waals surface area contributed by atoms with E-state index in [1.165, 1.54) is 31.3 Å². The second-order valence-corrected chi connectivity index (χ2v) is 4.88. The summed E-state index contributed by atoms with van der Waals surface area (Å²) in [5.74, 6) is 0.935. The van der Waals surface area contributed by atoms with Crippen LogP contribution in [0.5, 0.6) is 0 Å². The highest BCUT2D eigenvalue weighted by Gasteiger charge is 2.19. The highest BCUT2D eigenvalue weighted by Crippen LogP contribution is 2.31. The predicted octanol–water partition coefficient (Wildman–Crippen LogP) is 4.47. The van der Waals surface area contributed by atoms with Gasteiger partial charge < -0.3 is 9.73 Å². The van der Waals surface area contributed by atoms with Gasteiger partial charge in [-0.1, -0.05) is 19.4 Å². The Morgan fingerprint density at radius 2 is 2.24 bits per heavy atom. The molecule has 2 nitrogen and oxygen atoms in total. The number of hydrogen-bond acceptors (Lipinski definition) is 2. The molecule has 1 aliphatic rings. The largest absolute Gasteiger partial charge is 0.448 e. The van der Waals surface area contributed by atoms with Crippen molar-refractivity contribution >= 4 is 11.6 Å². The molecule has 0 radical (unpaired) electrons. The van der Waals surface area contributed by atoms with Gasteiger partial charge in [0.25, 0.3) is 0 Å². The van der Waals surface area contributed by atoms with Crippen LogP contribution in [0.25, 0.3) is 0 Å². The number of rotatable bonds is 4. The summed E-state index contributed by atoms with van der Waals surface area (Å²) in [6, 6.07) is 3.99. The molecule has 2 rings (SSSR count). The fraction of sp³-hybridized carbons (Fsp3) is 0.571. The lowest BCUT2D eigenvalue weighted by molar-refractivity contribution is 0.442. The minimum absolute atomic E-state index is 0.200. The zero-order chi connectivity index (χ0) is 12.1. The van der Waals surface area contributed by atoms with E-state index >= 15 is 0 Å². The van der Waals surface area contributed by atoms with Crippen LogP contribution in [0.3, 0.4) is 0 Å². The third-order valence-corrected chi connectivity index (χ3v) is 3.44. The first-order valence-electron chi connectivity index (χ1n) is 6.49. The first kappa shape index (κ1) is 12.7. The van der Waals surface area contributed by atoms with Crippen LogP contribution >= 0.6 is 11.6 Å². The van der Waals surface area contributed by atoms with Crippen molar-refractivity contribution < 1.29 is 4.42 Å². The van der Waals surface area contributed by atoms with Crippen LogP contribution in [0.15, 0.2) is 28.2 Å². The smallest absolute Gasteiger partial charge is 0.193 e. The molecule has 94 valence electrons. The molecule has 0 saturated carbocycles. The summed E-state index contributed by atoms with van der Waals surface area (Å²) in [4.78, 5) is 0. The maximum atomic E-state index is 5.86. The van der Waals surface area contributed by atoms with Crippen molar-refractivity contribution in [3.8, 4) is 0 Å². The Labute approximate surface area is 108 Å². The number of hydrogen-bond donors (Lipinski definition) is 1. The van der Waals surface area contributed by atoms with Gasteiger partial charge in [0.15, 0.2) is 5.22 Å². The van der Waals surface area contributed by atoms with Crippen LogP contribution in [0, 0.1) is 0 Å². The Morgan fingerprint density at radius 1 is 1.35 bits per heavy atom. The first-order chi connectivity index (χ1) is 8.31. The lowest BCUT2D eigenvalue weighted by Gasteiger charge is -2.18. The van der Waals surface area contributed by atoms with E-state index in [1.807, 2.05) is 12.1 Å². The number of allylic oxidation sites excluding steroid dienone is 1. The average Bonchev–Trinajstić information content (AvgIpc) is 2.60. The SMILES string of the molecule is CCNC(C1=CCCCCC1)c1ccc(Cl)o1. The maximum absolute atomic E-state index is 5.86. The topological polar surface area (TPSA) is 25.2 Å². The predicted molar refractivity (Wildman–Crippen MR) is 71.3 cm³/mol. The Bertz CT molecular complexity index is 383. The molecule has 0 amide bonds. The van der Waals surface area contributed by atoms with Gasteiger partial charge in [-0.25, -0.2) is 0 Å². The van der Waals surface area contributed by atoms with Crippen molar-refractivity contribution in [3.63, 3.8) is 0 Å². The fourth-order valence-electron chi connectivity index (χ4n) is 2.40. The van der Waals surface area contributed by atoms with E-state index < -0.39 is 0 Å². The standard InChI is InChI=1S/C14H20ClNO/c1-2-16-14(12-9-10-13(15)17-12)11-7-5-3-4-6-8-11/h7,9-10,14,16H,2-6,8H2,1H3. The Morgan fingerprint density at radius 3 is 2.94 bits per heavy atom. The maximum Gasteiger partial charge on any atom is 0.193 e. The molecule has 0 aromatic carbocycles. The van der Waals surface area contributed by atoms with Gasteiger partial charge in [0.2, 0.25) is 0 Å². The Kier molecular flexibility index (Phi) is 4.69. The quantitative estimate of drug-likeness (QED) is 0.801. The third-order valence-electron chi connectivity index (χ3n) is 3.23. The van der Waals surface area contributed by atoms with Gasteiger partial charge in [0, 0.05) is 0 Å². The summed E-state index contributed by atoms with van der Waals surface area (Å²) < 4.78 is 5.55. The van der Waals surface area contributed by atoms with Crippen LogP contribution < -0.4 is 5.32 Å². The molecule has 0 bridgehead atoms. The van der Waals surface area contributed by atoms with E-state index in [9.17, 15) is 0 Å². The number of halogens is 1. The van der Waals surface area contributed by atoms with Gasteiger partial charge in [-0.3, -0.25) is 0 Å². The molecule has 1 aromatic rings. The first-order valence-corrected chi connectivity index (χ1v) is 6.86. The van der Waals surface area contributed by atoms with Gasteiger partial charge in [0.1, 0.15) is 5.76 Å². The summed E-state index contributed by atoms with van der Waals surface area (Å²) in [5, 5.41) is 3.96. The molecule has 1 atom stereocenters. The summed E-state index contributed by atoms with van der Waals surface area (Å²) in [6.45, 7) is 3.05. The van der Waals surface area contributed by atoms with Gasteiger partial charge >= 0.3 is 0 Å².